The quantitative estimate of drug-likeness (QED) is 0.684. The number of furan rings is 1. The van der Waals surface area contributed by atoms with Crippen LogP contribution < -0.4 is 5.32 Å². The van der Waals surface area contributed by atoms with Crippen LogP contribution in [0.5, 0.6) is 0 Å². The van der Waals surface area contributed by atoms with Crippen LogP contribution in [0.1, 0.15) is 31.4 Å². The third-order valence-electron chi connectivity index (χ3n) is 3.02. The molecule has 1 aromatic heterocycles. The van der Waals surface area contributed by atoms with Crippen molar-refractivity contribution in [1.82, 2.24) is 5.32 Å². The Balaban J connectivity index is 1.41. The number of carbonyl (C=O) groups is 1. The molecule has 4 heteroatoms. The van der Waals surface area contributed by atoms with Gasteiger partial charge in [-0.15, -0.1) is 0 Å². The number of hydrogen-bond donors (Lipinski definition) is 1. The second kappa shape index (κ2) is 7.21. The molecule has 0 radical (unpaired) electrons. The number of ether oxygens (including phenoxy) is 1. The van der Waals surface area contributed by atoms with Gasteiger partial charge >= 0.3 is 0 Å². The lowest BCUT2D eigenvalue weighted by atomic mass is 10.2. The average Bonchev–Trinajstić information content (AvgIpc) is 3.04. The van der Waals surface area contributed by atoms with Gasteiger partial charge in [-0.3, -0.25) is 4.79 Å². The van der Waals surface area contributed by atoms with E-state index in [-0.39, 0.29) is 5.91 Å². The van der Waals surface area contributed by atoms with Gasteiger partial charge < -0.3 is 14.5 Å². The van der Waals surface area contributed by atoms with Crippen molar-refractivity contribution in [2.75, 3.05) is 19.8 Å². The van der Waals surface area contributed by atoms with E-state index in [2.05, 4.69) is 5.32 Å². The van der Waals surface area contributed by atoms with Crippen molar-refractivity contribution in [3.8, 4) is 0 Å². The highest BCUT2D eigenvalue weighted by Gasteiger charge is 2.20. The van der Waals surface area contributed by atoms with Crippen molar-refractivity contribution >= 4 is 5.91 Å². The molecule has 2 rings (SSSR count). The first kappa shape index (κ1) is 13.1. The van der Waals surface area contributed by atoms with E-state index in [0.717, 1.165) is 31.3 Å². The average molecular weight is 251 g/mol. The minimum Gasteiger partial charge on any atom is -0.469 e. The molecule has 1 saturated carbocycles. The molecular weight excluding hydrogens is 230 g/mol. The molecule has 0 unspecified atom stereocenters. The van der Waals surface area contributed by atoms with Crippen molar-refractivity contribution in [3.05, 3.63) is 24.2 Å². The first-order valence-electron chi connectivity index (χ1n) is 6.71. The highest BCUT2D eigenvalue weighted by atomic mass is 16.5. The van der Waals surface area contributed by atoms with Gasteiger partial charge in [0.15, 0.2) is 0 Å². The molecule has 18 heavy (non-hydrogen) atoms. The van der Waals surface area contributed by atoms with Gasteiger partial charge in [0.05, 0.1) is 6.26 Å². The number of rotatable bonds is 9. The summed E-state index contributed by atoms with van der Waals surface area (Å²) in [6, 6.07) is 3.73. The van der Waals surface area contributed by atoms with Crippen LogP contribution in [-0.4, -0.2) is 25.7 Å². The SMILES string of the molecule is O=C(CCc1ccco1)NCCCOCC1CC1. The molecule has 1 fully saturated rings. The van der Waals surface area contributed by atoms with Crippen molar-refractivity contribution in [2.24, 2.45) is 5.92 Å². The highest BCUT2D eigenvalue weighted by Crippen LogP contribution is 2.28. The molecule has 4 nitrogen and oxygen atoms in total. The molecule has 0 saturated heterocycles. The normalized spacial score (nSPS) is 14.7. The maximum atomic E-state index is 11.5. The van der Waals surface area contributed by atoms with E-state index in [9.17, 15) is 4.79 Å². The monoisotopic (exact) mass is 251 g/mol. The molecule has 1 amide bonds. The van der Waals surface area contributed by atoms with Crippen molar-refractivity contribution in [1.29, 1.82) is 0 Å². The van der Waals surface area contributed by atoms with Crippen molar-refractivity contribution < 1.29 is 13.9 Å². The maximum Gasteiger partial charge on any atom is 0.220 e. The third-order valence-corrected chi connectivity index (χ3v) is 3.02. The maximum absolute atomic E-state index is 11.5. The second-order valence-electron chi connectivity index (χ2n) is 4.80. The van der Waals surface area contributed by atoms with E-state index in [4.69, 9.17) is 9.15 Å². The van der Waals surface area contributed by atoms with E-state index in [1.165, 1.54) is 12.8 Å². The lowest BCUT2D eigenvalue weighted by Gasteiger charge is -2.05. The summed E-state index contributed by atoms with van der Waals surface area (Å²) in [5.41, 5.74) is 0. The summed E-state index contributed by atoms with van der Waals surface area (Å²) in [6.45, 7) is 2.34. The zero-order valence-electron chi connectivity index (χ0n) is 10.7. The molecule has 1 aliphatic rings. The lowest BCUT2D eigenvalue weighted by Crippen LogP contribution is -2.25. The molecule has 100 valence electrons. The number of carbonyl (C=O) groups excluding carboxylic acids is 1. The van der Waals surface area contributed by atoms with Gasteiger partial charge in [-0.2, -0.15) is 0 Å². The van der Waals surface area contributed by atoms with Crippen molar-refractivity contribution in [2.45, 2.75) is 32.1 Å². The minimum atomic E-state index is 0.0774. The summed E-state index contributed by atoms with van der Waals surface area (Å²) < 4.78 is 10.7. The topological polar surface area (TPSA) is 51.5 Å². The van der Waals surface area contributed by atoms with Crippen LogP contribution in [0.4, 0.5) is 0 Å². The Hall–Kier alpha value is -1.29. The summed E-state index contributed by atoms with van der Waals surface area (Å²) in [5.74, 6) is 1.75. The number of aryl methyl sites for hydroxylation is 1. The Kier molecular flexibility index (Phi) is 5.27. The number of nitrogens with one attached hydrogen (secondary N) is 1. The summed E-state index contributed by atoms with van der Waals surface area (Å²) in [7, 11) is 0. The Morgan fingerprint density at radius 3 is 3.11 bits per heavy atom. The zero-order valence-corrected chi connectivity index (χ0v) is 10.7. The number of amides is 1. The van der Waals surface area contributed by atoms with Crippen LogP contribution in [0.25, 0.3) is 0 Å². The molecule has 0 bridgehead atoms. The van der Waals surface area contributed by atoms with Crippen molar-refractivity contribution in [3.63, 3.8) is 0 Å². The fourth-order valence-corrected chi connectivity index (χ4v) is 1.72. The smallest absolute Gasteiger partial charge is 0.220 e. The molecular formula is C14H21NO3. The Morgan fingerprint density at radius 1 is 1.50 bits per heavy atom. The fourth-order valence-electron chi connectivity index (χ4n) is 1.72. The highest BCUT2D eigenvalue weighted by molar-refractivity contribution is 5.75. The molecule has 0 atom stereocenters. The van der Waals surface area contributed by atoms with Crippen LogP contribution in [0.15, 0.2) is 22.8 Å². The lowest BCUT2D eigenvalue weighted by molar-refractivity contribution is -0.121. The number of hydrogen-bond acceptors (Lipinski definition) is 3. The summed E-state index contributed by atoms with van der Waals surface area (Å²) in [4.78, 5) is 11.5. The Morgan fingerprint density at radius 2 is 2.39 bits per heavy atom. The minimum absolute atomic E-state index is 0.0774. The van der Waals surface area contributed by atoms with Gasteiger partial charge in [0.25, 0.3) is 0 Å². The first-order chi connectivity index (χ1) is 8.84. The summed E-state index contributed by atoms with van der Waals surface area (Å²) in [5, 5.41) is 2.89. The molecule has 0 spiro atoms. The van der Waals surface area contributed by atoms with Crippen LogP contribution in [0, 0.1) is 5.92 Å². The van der Waals surface area contributed by atoms with Gasteiger partial charge in [-0.1, -0.05) is 0 Å². The standard InChI is InChI=1S/C14H21NO3/c16-14(7-6-13-3-1-10-18-13)15-8-2-9-17-11-12-4-5-12/h1,3,10,12H,2,4-9,11H2,(H,15,16). The molecule has 1 aliphatic carbocycles. The van der Waals surface area contributed by atoms with E-state index in [1.807, 2.05) is 12.1 Å². The summed E-state index contributed by atoms with van der Waals surface area (Å²) >= 11 is 0. The van der Waals surface area contributed by atoms with Gasteiger partial charge in [-0.05, 0) is 37.3 Å². The Bertz CT molecular complexity index is 344. The van der Waals surface area contributed by atoms with Gasteiger partial charge in [0.1, 0.15) is 5.76 Å². The second-order valence-corrected chi connectivity index (χ2v) is 4.80. The molecule has 0 aromatic carbocycles. The van der Waals surface area contributed by atoms with E-state index in [0.29, 0.717) is 19.4 Å². The molecule has 1 aromatic rings. The van der Waals surface area contributed by atoms with Gasteiger partial charge in [0.2, 0.25) is 5.91 Å². The van der Waals surface area contributed by atoms with E-state index < -0.39 is 0 Å². The fraction of sp³-hybridized carbons (Fsp3) is 0.643. The molecule has 1 N–H and O–H groups in total. The predicted octanol–water partition coefficient (Wildman–Crippen LogP) is 2.15. The first-order valence-corrected chi connectivity index (χ1v) is 6.71. The van der Waals surface area contributed by atoms with E-state index >= 15 is 0 Å². The third kappa shape index (κ3) is 5.36. The van der Waals surface area contributed by atoms with Crippen LogP contribution >= 0.6 is 0 Å². The zero-order chi connectivity index (χ0) is 12.6. The van der Waals surface area contributed by atoms with E-state index in [1.54, 1.807) is 6.26 Å². The van der Waals surface area contributed by atoms with Gasteiger partial charge in [-0.25, -0.2) is 0 Å². The van der Waals surface area contributed by atoms with Gasteiger partial charge in [0, 0.05) is 32.6 Å². The predicted molar refractivity (Wildman–Crippen MR) is 68.2 cm³/mol. The largest absolute Gasteiger partial charge is 0.469 e. The van der Waals surface area contributed by atoms with Crippen LogP contribution in [0.3, 0.4) is 0 Å². The molecule has 1 heterocycles. The molecule has 0 aliphatic heterocycles. The van der Waals surface area contributed by atoms with Crippen LogP contribution in [0.2, 0.25) is 0 Å². The Labute approximate surface area is 108 Å². The van der Waals surface area contributed by atoms with Crippen LogP contribution in [-0.2, 0) is 16.0 Å². The summed E-state index contributed by atoms with van der Waals surface area (Å²) in [6.07, 6.45) is 6.31.